The predicted molar refractivity (Wildman–Crippen MR) is 92.2 cm³/mol. The molecule has 1 aliphatic carbocycles. The highest BCUT2D eigenvalue weighted by Crippen LogP contribution is 2.40. The van der Waals surface area contributed by atoms with Crippen molar-refractivity contribution in [2.24, 2.45) is 5.92 Å². The summed E-state index contributed by atoms with van der Waals surface area (Å²) in [5.41, 5.74) is 2.17. The molecule has 0 bridgehead atoms. The molecule has 1 fully saturated rings. The fourth-order valence-corrected chi connectivity index (χ4v) is 2.53. The van der Waals surface area contributed by atoms with E-state index in [0.29, 0.717) is 12.5 Å². The van der Waals surface area contributed by atoms with Crippen LogP contribution in [0.5, 0.6) is 0 Å². The summed E-state index contributed by atoms with van der Waals surface area (Å²) in [4.78, 5) is 12.2. The van der Waals surface area contributed by atoms with Crippen LogP contribution < -0.4 is 10.6 Å². The first-order valence-corrected chi connectivity index (χ1v) is 7.46. The van der Waals surface area contributed by atoms with Gasteiger partial charge in [-0.1, -0.05) is 48.5 Å². The lowest BCUT2D eigenvalue weighted by atomic mass is 10.0. The fraction of sp³-hybridized carbons (Fsp3) is 0.278. The van der Waals surface area contributed by atoms with Crippen molar-refractivity contribution in [1.29, 1.82) is 0 Å². The summed E-state index contributed by atoms with van der Waals surface area (Å²) in [6, 6.07) is 20.2. The van der Waals surface area contributed by atoms with E-state index in [1.165, 1.54) is 18.4 Å². The lowest BCUT2D eigenvalue weighted by molar-refractivity contribution is -0.120. The molecule has 1 saturated carbocycles. The van der Waals surface area contributed by atoms with Crippen molar-refractivity contribution in [2.45, 2.75) is 18.9 Å². The molecular formula is C18H21ClN2O. The molecule has 0 aliphatic heterocycles. The van der Waals surface area contributed by atoms with E-state index in [0.717, 1.165) is 5.69 Å². The molecule has 4 heteroatoms. The van der Waals surface area contributed by atoms with Crippen molar-refractivity contribution in [3.8, 4) is 0 Å². The highest BCUT2D eigenvalue weighted by molar-refractivity contribution is 5.85. The van der Waals surface area contributed by atoms with Gasteiger partial charge in [0, 0.05) is 5.69 Å². The first-order valence-electron chi connectivity index (χ1n) is 7.46. The van der Waals surface area contributed by atoms with Gasteiger partial charge in [0.15, 0.2) is 0 Å². The number of amides is 1. The molecule has 0 spiro atoms. The van der Waals surface area contributed by atoms with E-state index in [2.05, 4.69) is 22.8 Å². The number of para-hydroxylation sites is 1. The topological polar surface area (TPSA) is 41.1 Å². The van der Waals surface area contributed by atoms with Gasteiger partial charge in [0.2, 0.25) is 5.91 Å². The second kappa shape index (κ2) is 7.85. The van der Waals surface area contributed by atoms with Gasteiger partial charge in [-0.25, -0.2) is 0 Å². The highest BCUT2D eigenvalue weighted by atomic mass is 35.5. The Bertz CT molecular complexity index is 585. The molecular weight excluding hydrogens is 296 g/mol. The molecule has 116 valence electrons. The van der Waals surface area contributed by atoms with Gasteiger partial charge in [0.1, 0.15) is 0 Å². The quantitative estimate of drug-likeness (QED) is 0.851. The molecule has 2 aromatic rings. The minimum absolute atomic E-state index is 0. The third kappa shape index (κ3) is 4.50. The van der Waals surface area contributed by atoms with Gasteiger partial charge in [-0.05, 0) is 36.5 Å². The molecule has 1 aliphatic rings. The molecule has 1 unspecified atom stereocenters. The molecule has 2 aromatic carbocycles. The average Bonchev–Trinajstić information content (AvgIpc) is 3.37. The number of anilines is 1. The second-order valence-electron chi connectivity index (χ2n) is 5.51. The number of hydrogen-bond donors (Lipinski definition) is 2. The Balaban J connectivity index is 0.00000176. The second-order valence-corrected chi connectivity index (χ2v) is 5.51. The Labute approximate surface area is 137 Å². The zero-order valence-corrected chi connectivity index (χ0v) is 13.2. The molecule has 3 rings (SSSR count). The smallest absolute Gasteiger partial charge is 0.239 e. The highest BCUT2D eigenvalue weighted by Gasteiger charge is 2.33. The average molecular weight is 317 g/mol. The van der Waals surface area contributed by atoms with Crippen molar-refractivity contribution in [3.63, 3.8) is 0 Å². The van der Waals surface area contributed by atoms with Crippen LogP contribution in [0.25, 0.3) is 0 Å². The lowest BCUT2D eigenvalue weighted by Gasteiger charge is -2.19. The molecule has 1 atom stereocenters. The van der Waals surface area contributed by atoms with E-state index in [4.69, 9.17) is 0 Å². The van der Waals surface area contributed by atoms with Gasteiger partial charge in [0.05, 0.1) is 12.6 Å². The van der Waals surface area contributed by atoms with Crippen molar-refractivity contribution >= 4 is 24.0 Å². The number of rotatable bonds is 6. The molecule has 0 aromatic heterocycles. The van der Waals surface area contributed by atoms with Crippen LogP contribution in [0.1, 0.15) is 24.4 Å². The fourth-order valence-electron chi connectivity index (χ4n) is 2.53. The van der Waals surface area contributed by atoms with Crippen LogP contribution in [0.4, 0.5) is 5.69 Å². The van der Waals surface area contributed by atoms with Crippen molar-refractivity contribution in [3.05, 3.63) is 66.2 Å². The van der Waals surface area contributed by atoms with Crippen molar-refractivity contribution in [1.82, 2.24) is 5.32 Å². The summed E-state index contributed by atoms with van der Waals surface area (Å²) in [6.07, 6.45) is 2.40. The van der Waals surface area contributed by atoms with Crippen LogP contribution in [-0.2, 0) is 4.79 Å². The number of carbonyl (C=O) groups is 1. The van der Waals surface area contributed by atoms with Crippen LogP contribution in [0, 0.1) is 5.92 Å². The Morgan fingerprint density at radius 2 is 1.59 bits per heavy atom. The summed E-state index contributed by atoms with van der Waals surface area (Å²) >= 11 is 0. The van der Waals surface area contributed by atoms with Crippen LogP contribution in [0.3, 0.4) is 0 Å². The van der Waals surface area contributed by atoms with E-state index >= 15 is 0 Å². The minimum atomic E-state index is 0. The maximum absolute atomic E-state index is 12.2. The maximum atomic E-state index is 12.2. The maximum Gasteiger partial charge on any atom is 0.239 e. The van der Waals surface area contributed by atoms with Gasteiger partial charge in [0.25, 0.3) is 0 Å². The Hall–Kier alpha value is -2.00. The SMILES string of the molecule is Cl.O=C(CNc1ccccc1)NC(c1ccccc1)C1CC1. The predicted octanol–water partition coefficient (Wildman–Crippen LogP) is 3.79. The van der Waals surface area contributed by atoms with Gasteiger partial charge < -0.3 is 10.6 Å². The van der Waals surface area contributed by atoms with Gasteiger partial charge in [-0.15, -0.1) is 12.4 Å². The number of carbonyl (C=O) groups excluding carboxylic acids is 1. The zero-order chi connectivity index (χ0) is 14.5. The summed E-state index contributed by atoms with van der Waals surface area (Å²) in [5.74, 6) is 0.632. The van der Waals surface area contributed by atoms with E-state index in [1.54, 1.807) is 0 Å². The summed E-state index contributed by atoms with van der Waals surface area (Å²) in [5, 5.41) is 6.31. The molecule has 0 radical (unpaired) electrons. The first kappa shape index (κ1) is 16.4. The molecule has 0 saturated heterocycles. The Morgan fingerprint density at radius 1 is 1.00 bits per heavy atom. The van der Waals surface area contributed by atoms with Gasteiger partial charge in [-0.3, -0.25) is 4.79 Å². The standard InChI is InChI=1S/C18H20N2O.ClH/c21-17(13-19-16-9-5-2-6-10-16)20-18(15-11-12-15)14-7-3-1-4-8-14;/h1-10,15,18-19H,11-13H2,(H,20,21);1H. The number of halogens is 1. The lowest BCUT2D eigenvalue weighted by Crippen LogP contribution is -2.34. The Morgan fingerprint density at radius 3 is 2.18 bits per heavy atom. The third-order valence-corrected chi connectivity index (χ3v) is 3.80. The summed E-state index contributed by atoms with van der Waals surface area (Å²) in [6.45, 7) is 0.306. The monoisotopic (exact) mass is 316 g/mol. The number of nitrogens with one attached hydrogen (secondary N) is 2. The van der Waals surface area contributed by atoms with Crippen molar-refractivity contribution in [2.75, 3.05) is 11.9 Å². The molecule has 0 heterocycles. The number of hydrogen-bond acceptors (Lipinski definition) is 2. The first-order chi connectivity index (χ1) is 10.3. The van der Waals surface area contributed by atoms with Crippen LogP contribution in [0.15, 0.2) is 60.7 Å². The van der Waals surface area contributed by atoms with E-state index < -0.39 is 0 Å². The van der Waals surface area contributed by atoms with Crippen LogP contribution in [-0.4, -0.2) is 12.5 Å². The largest absolute Gasteiger partial charge is 0.376 e. The van der Waals surface area contributed by atoms with E-state index in [-0.39, 0.29) is 24.4 Å². The van der Waals surface area contributed by atoms with E-state index in [9.17, 15) is 4.79 Å². The number of benzene rings is 2. The third-order valence-electron chi connectivity index (χ3n) is 3.80. The molecule has 2 N–H and O–H groups in total. The molecule has 3 nitrogen and oxygen atoms in total. The van der Waals surface area contributed by atoms with Crippen LogP contribution in [0.2, 0.25) is 0 Å². The summed E-state index contributed by atoms with van der Waals surface area (Å²) in [7, 11) is 0. The van der Waals surface area contributed by atoms with Crippen LogP contribution >= 0.6 is 12.4 Å². The zero-order valence-electron chi connectivity index (χ0n) is 12.4. The van der Waals surface area contributed by atoms with Crippen molar-refractivity contribution < 1.29 is 4.79 Å². The minimum Gasteiger partial charge on any atom is -0.376 e. The Kier molecular flexibility index (Phi) is 5.84. The normalized spacial score (nSPS) is 14.5. The van der Waals surface area contributed by atoms with E-state index in [1.807, 2.05) is 48.5 Å². The van der Waals surface area contributed by atoms with Gasteiger partial charge in [-0.2, -0.15) is 0 Å². The van der Waals surface area contributed by atoms with Gasteiger partial charge >= 0.3 is 0 Å². The molecule has 1 amide bonds. The molecule has 22 heavy (non-hydrogen) atoms. The summed E-state index contributed by atoms with van der Waals surface area (Å²) < 4.78 is 0.